The first kappa shape index (κ1) is 34.7. The third kappa shape index (κ3) is 5.11. The van der Waals surface area contributed by atoms with Crippen molar-refractivity contribution in [1.29, 1.82) is 5.26 Å². The number of ether oxygens (including phenoxy) is 5. The first-order valence-corrected chi connectivity index (χ1v) is 20.6. The van der Waals surface area contributed by atoms with E-state index in [0.29, 0.717) is 25.0 Å². The van der Waals surface area contributed by atoms with E-state index in [-0.39, 0.29) is 5.41 Å². The zero-order valence-corrected chi connectivity index (χ0v) is 32.7. The third-order valence-electron chi connectivity index (χ3n) is 14.1. The van der Waals surface area contributed by atoms with Crippen molar-refractivity contribution < 1.29 is 23.7 Å². The average Bonchev–Trinajstić information content (AvgIpc) is 3.98. The molecule has 4 unspecified atom stereocenters. The lowest BCUT2D eigenvalue weighted by atomic mass is 9.65. The number of methoxy groups -OCH3 is 2. The van der Waals surface area contributed by atoms with Gasteiger partial charge in [-0.1, -0.05) is 42.8 Å². The van der Waals surface area contributed by atoms with Crippen LogP contribution in [0, 0.1) is 23.2 Å². The molecule has 6 aliphatic rings. The number of morpholine rings is 2. The molecule has 3 heterocycles. The van der Waals surface area contributed by atoms with Crippen LogP contribution in [0.1, 0.15) is 59.1 Å². The van der Waals surface area contributed by atoms with Gasteiger partial charge in [0.2, 0.25) is 0 Å². The maximum absolute atomic E-state index is 10.2. The summed E-state index contributed by atoms with van der Waals surface area (Å²) >= 11 is 0. The van der Waals surface area contributed by atoms with Gasteiger partial charge in [0.05, 0.1) is 58.0 Å². The summed E-state index contributed by atoms with van der Waals surface area (Å²) in [4.78, 5) is 4.79. The first-order chi connectivity index (χ1) is 28.0. The lowest BCUT2D eigenvalue weighted by Gasteiger charge is -2.41. The minimum atomic E-state index is -0.929. The van der Waals surface area contributed by atoms with Gasteiger partial charge in [-0.25, -0.2) is 0 Å². The topological polar surface area (TPSA) is 76.4 Å². The molecule has 4 fully saturated rings. The molecule has 3 aliphatic heterocycles. The minimum Gasteiger partial charge on any atom is -0.497 e. The molecule has 4 atom stereocenters. The maximum atomic E-state index is 10.2. The highest BCUT2D eigenvalue weighted by Crippen LogP contribution is 2.69. The summed E-state index contributed by atoms with van der Waals surface area (Å²) in [5.41, 5.74) is 10.3. The number of hydrogen-bond acceptors (Lipinski definition) is 8. The average molecular weight is 758 g/mol. The summed E-state index contributed by atoms with van der Waals surface area (Å²) in [6.07, 6.45) is 9.44. The number of fused-ring (bicyclic) bond motifs is 13. The Kier molecular flexibility index (Phi) is 8.10. The summed E-state index contributed by atoms with van der Waals surface area (Å²) in [7, 11) is 3.48. The van der Waals surface area contributed by atoms with E-state index in [4.69, 9.17) is 23.7 Å². The zero-order chi connectivity index (χ0) is 38.3. The molecule has 0 aromatic heterocycles. The molecule has 5 aromatic carbocycles. The lowest BCUT2D eigenvalue weighted by molar-refractivity contribution is 0.122. The van der Waals surface area contributed by atoms with Crippen LogP contribution in [0.4, 0.5) is 11.4 Å². The van der Waals surface area contributed by atoms with E-state index in [9.17, 15) is 5.26 Å². The molecule has 0 N–H and O–H groups in total. The second kappa shape index (κ2) is 13.3. The number of anilines is 2. The van der Waals surface area contributed by atoms with E-state index in [0.717, 1.165) is 96.4 Å². The van der Waals surface area contributed by atoms with Gasteiger partial charge in [0.15, 0.2) is 5.60 Å². The summed E-state index contributed by atoms with van der Waals surface area (Å²) in [5.74, 6) is 3.67. The SMILES string of the molecule is COc1ccc(C2(c3ccc(N4CCOCC4)cc3)C=Cc3c4c(c5cc(N6CCOCC6)c(OC)cc5c3O2)-c2ccc(C#N)cc2C42CC3CCC2C3)cc1. The fourth-order valence-electron chi connectivity index (χ4n) is 11.5. The van der Waals surface area contributed by atoms with Gasteiger partial charge >= 0.3 is 0 Å². The molecule has 0 radical (unpaired) electrons. The second-order valence-electron chi connectivity index (χ2n) is 16.6. The Bertz CT molecular complexity index is 2480. The van der Waals surface area contributed by atoms with Gasteiger partial charge in [0.1, 0.15) is 17.2 Å². The van der Waals surface area contributed by atoms with Crippen LogP contribution in [0.5, 0.6) is 17.2 Å². The van der Waals surface area contributed by atoms with Crippen molar-refractivity contribution in [1.82, 2.24) is 0 Å². The summed E-state index contributed by atoms with van der Waals surface area (Å²) in [5, 5.41) is 12.4. The van der Waals surface area contributed by atoms with E-state index in [1.807, 2.05) is 18.2 Å². The van der Waals surface area contributed by atoms with Crippen LogP contribution >= 0.6 is 0 Å². The molecule has 0 amide bonds. The zero-order valence-electron chi connectivity index (χ0n) is 32.7. The van der Waals surface area contributed by atoms with Gasteiger partial charge in [-0.15, -0.1) is 0 Å². The molecule has 11 rings (SSSR count). The van der Waals surface area contributed by atoms with E-state index >= 15 is 0 Å². The molecule has 8 nitrogen and oxygen atoms in total. The number of nitrogens with zero attached hydrogens (tertiary/aromatic N) is 3. The van der Waals surface area contributed by atoms with Crippen molar-refractivity contribution in [3.8, 4) is 34.4 Å². The van der Waals surface area contributed by atoms with Crippen molar-refractivity contribution in [3.63, 3.8) is 0 Å². The highest BCUT2D eigenvalue weighted by Gasteiger charge is 2.59. The molecular weight excluding hydrogens is 711 g/mol. The Morgan fingerprint density at radius 2 is 1.49 bits per heavy atom. The normalized spacial score (nSPS) is 25.6. The summed E-state index contributed by atoms with van der Waals surface area (Å²) in [6.45, 7) is 6.17. The predicted octanol–water partition coefficient (Wildman–Crippen LogP) is 8.84. The van der Waals surface area contributed by atoms with E-state index < -0.39 is 5.60 Å². The third-order valence-corrected chi connectivity index (χ3v) is 14.1. The largest absolute Gasteiger partial charge is 0.497 e. The molecule has 57 heavy (non-hydrogen) atoms. The van der Waals surface area contributed by atoms with Crippen molar-refractivity contribution in [3.05, 3.63) is 118 Å². The smallest absolute Gasteiger partial charge is 0.178 e. The molecule has 288 valence electrons. The van der Waals surface area contributed by atoms with Gasteiger partial charge in [-0.05, 0) is 113 Å². The van der Waals surface area contributed by atoms with E-state index in [1.54, 1.807) is 14.2 Å². The Hall–Kier alpha value is -5.49. The van der Waals surface area contributed by atoms with E-state index in [1.165, 1.54) is 52.6 Å². The Balaban J connectivity index is 1.19. The number of nitriles is 1. The minimum absolute atomic E-state index is 0.189. The van der Waals surface area contributed by atoms with Crippen LogP contribution in [0.2, 0.25) is 0 Å². The fraction of sp³-hybridized carbons (Fsp3) is 0.367. The molecule has 1 spiro atoms. The first-order valence-electron chi connectivity index (χ1n) is 20.6. The molecule has 2 saturated carbocycles. The van der Waals surface area contributed by atoms with Crippen LogP contribution in [-0.4, -0.2) is 66.8 Å². The highest BCUT2D eigenvalue weighted by atomic mass is 16.5. The Morgan fingerprint density at radius 3 is 2.14 bits per heavy atom. The molecule has 2 bridgehead atoms. The molecule has 5 aromatic rings. The van der Waals surface area contributed by atoms with Gasteiger partial charge < -0.3 is 33.5 Å². The van der Waals surface area contributed by atoms with Crippen molar-refractivity contribution >= 4 is 28.2 Å². The Labute approximate surface area is 334 Å². The van der Waals surface area contributed by atoms with Gasteiger partial charge in [0.25, 0.3) is 0 Å². The monoisotopic (exact) mass is 757 g/mol. The summed E-state index contributed by atoms with van der Waals surface area (Å²) < 4.78 is 31.1. The van der Waals surface area contributed by atoms with Crippen LogP contribution in [0.3, 0.4) is 0 Å². The number of hydrogen-bond donors (Lipinski definition) is 0. The van der Waals surface area contributed by atoms with E-state index in [2.05, 4.69) is 88.7 Å². The molecule has 3 aliphatic carbocycles. The highest BCUT2D eigenvalue weighted by molar-refractivity contribution is 6.10. The number of benzene rings is 5. The van der Waals surface area contributed by atoms with Gasteiger partial charge in [-0.3, -0.25) is 0 Å². The Morgan fingerprint density at radius 1 is 0.772 bits per heavy atom. The summed E-state index contributed by atoms with van der Waals surface area (Å²) in [6, 6.07) is 30.7. The van der Waals surface area contributed by atoms with Crippen LogP contribution in [0.25, 0.3) is 28.0 Å². The second-order valence-corrected chi connectivity index (χ2v) is 16.6. The quantitative estimate of drug-likeness (QED) is 0.170. The molecule has 2 saturated heterocycles. The van der Waals surface area contributed by atoms with Crippen molar-refractivity contribution in [2.45, 2.75) is 36.7 Å². The van der Waals surface area contributed by atoms with Crippen molar-refractivity contribution in [2.24, 2.45) is 11.8 Å². The van der Waals surface area contributed by atoms with Crippen LogP contribution in [0.15, 0.2) is 84.9 Å². The fourth-order valence-corrected chi connectivity index (χ4v) is 11.5. The maximum Gasteiger partial charge on any atom is 0.178 e. The van der Waals surface area contributed by atoms with Crippen LogP contribution < -0.4 is 24.0 Å². The predicted molar refractivity (Wildman–Crippen MR) is 223 cm³/mol. The van der Waals surface area contributed by atoms with Gasteiger partial charge in [-0.2, -0.15) is 5.26 Å². The molecular formula is C49H47N3O5. The standard InChI is InChI=1S/C49H47N3O5/c1-53-37-12-8-34(9-13-37)49(33-6-10-36(11-7-33)51-17-21-55-22-18-51)16-15-39-46-45(38-14-4-32(30-50)26-42(38)48(46)29-31-3-5-35(48)25-31)40-27-43(52-19-23-56-24-20-52)44(54-2)28-41(40)47(39)57-49/h4,6-16,26-28,31,35H,3,5,17-25,29H2,1-2H3. The van der Waals surface area contributed by atoms with Gasteiger partial charge in [0, 0.05) is 59.4 Å². The lowest BCUT2D eigenvalue weighted by Crippen LogP contribution is -2.37. The van der Waals surface area contributed by atoms with Crippen molar-refractivity contribution in [2.75, 3.05) is 76.6 Å². The van der Waals surface area contributed by atoms with Crippen LogP contribution in [-0.2, 0) is 20.5 Å². The number of rotatable bonds is 6. The molecule has 8 heteroatoms.